The molecule has 17 heavy (non-hydrogen) atoms. The summed E-state index contributed by atoms with van der Waals surface area (Å²) in [4.78, 5) is 3.93. The van der Waals surface area contributed by atoms with Crippen LogP contribution in [0.25, 0.3) is 0 Å². The predicted octanol–water partition coefficient (Wildman–Crippen LogP) is 3.15. The van der Waals surface area contributed by atoms with Crippen molar-refractivity contribution in [3.63, 3.8) is 0 Å². The van der Waals surface area contributed by atoms with Gasteiger partial charge in [-0.05, 0) is 43.6 Å². The lowest BCUT2D eigenvalue weighted by Crippen LogP contribution is -2.25. The molecule has 0 atom stereocenters. The van der Waals surface area contributed by atoms with Gasteiger partial charge in [0.2, 0.25) is 0 Å². The minimum absolute atomic E-state index is 0.326. The molecule has 0 saturated carbocycles. The number of aliphatic hydroxyl groups excluding tert-OH is 1. The maximum absolute atomic E-state index is 8.79. The van der Waals surface area contributed by atoms with E-state index < -0.39 is 0 Å². The number of para-hydroxylation sites is 1. The average Bonchev–Trinajstić information content (AvgIpc) is 2.57. The highest BCUT2D eigenvalue weighted by Crippen LogP contribution is 2.33. The lowest BCUT2D eigenvalue weighted by molar-refractivity contribution is 0.283. The first-order valence-electron chi connectivity index (χ1n) is 6.49. The number of aliphatic hydroxyl groups is 1. The molecule has 94 valence electrons. The third-order valence-electron chi connectivity index (χ3n) is 3.12. The van der Waals surface area contributed by atoms with Crippen LogP contribution in [0.3, 0.4) is 0 Å². The quantitative estimate of drug-likeness (QED) is 0.813. The van der Waals surface area contributed by atoms with Gasteiger partial charge in [0.1, 0.15) is 0 Å². The largest absolute Gasteiger partial charge is 0.396 e. The molecule has 1 heterocycles. The molecule has 1 aliphatic rings. The van der Waals surface area contributed by atoms with E-state index in [-0.39, 0.29) is 0 Å². The van der Waals surface area contributed by atoms with Gasteiger partial charge in [-0.15, -0.1) is 11.8 Å². The van der Waals surface area contributed by atoms with E-state index in [1.807, 2.05) is 11.8 Å². The van der Waals surface area contributed by atoms with Crippen LogP contribution in [0.4, 0.5) is 5.69 Å². The van der Waals surface area contributed by atoms with Crippen molar-refractivity contribution in [2.45, 2.75) is 30.6 Å². The molecule has 0 saturated heterocycles. The fourth-order valence-corrected chi connectivity index (χ4v) is 3.24. The Balaban J connectivity index is 1.97. The number of thioether (sulfide) groups is 1. The van der Waals surface area contributed by atoms with Gasteiger partial charge in [-0.2, -0.15) is 0 Å². The standard InChI is InChI=1S/C14H21NOS/c16-11-5-1-4-9-15-10-6-12-17-14-8-3-2-7-13(14)15/h2-3,7-8,16H,1,4-6,9-12H2. The predicted molar refractivity (Wildman–Crippen MR) is 74.9 cm³/mol. The summed E-state index contributed by atoms with van der Waals surface area (Å²) in [6, 6.07) is 8.72. The zero-order valence-electron chi connectivity index (χ0n) is 10.3. The van der Waals surface area contributed by atoms with E-state index in [2.05, 4.69) is 29.2 Å². The molecule has 0 unspecified atom stereocenters. The third kappa shape index (κ3) is 3.65. The molecule has 1 aliphatic heterocycles. The van der Waals surface area contributed by atoms with Crippen molar-refractivity contribution < 1.29 is 5.11 Å². The summed E-state index contributed by atoms with van der Waals surface area (Å²) in [6.45, 7) is 2.62. The number of hydrogen-bond donors (Lipinski definition) is 1. The molecule has 1 N–H and O–H groups in total. The van der Waals surface area contributed by atoms with Crippen LogP contribution in [0, 0.1) is 0 Å². The Morgan fingerprint density at radius 1 is 1.18 bits per heavy atom. The van der Waals surface area contributed by atoms with Crippen LogP contribution in [0.15, 0.2) is 29.2 Å². The van der Waals surface area contributed by atoms with Crippen LogP contribution in [0.1, 0.15) is 25.7 Å². The molecule has 2 nitrogen and oxygen atoms in total. The molecule has 1 aromatic carbocycles. The highest BCUT2D eigenvalue weighted by Gasteiger charge is 2.14. The van der Waals surface area contributed by atoms with Crippen molar-refractivity contribution in [1.82, 2.24) is 0 Å². The van der Waals surface area contributed by atoms with Crippen molar-refractivity contribution >= 4 is 17.4 Å². The van der Waals surface area contributed by atoms with E-state index in [0.29, 0.717) is 6.61 Å². The summed E-state index contributed by atoms with van der Waals surface area (Å²) in [6.07, 6.45) is 4.51. The summed E-state index contributed by atoms with van der Waals surface area (Å²) < 4.78 is 0. The van der Waals surface area contributed by atoms with Crippen LogP contribution in [0.5, 0.6) is 0 Å². The molecule has 0 radical (unpaired) electrons. The van der Waals surface area contributed by atoms with E-state index in [4.69, 9.17) is 5.11 Å². The Morgan fingerprint density at radius 3 is 2.94 bits per heavy atom. The normalized spacial score (nSPS) is 15.5. The Morgan fingerprint density at radius 2 is 2.06 bits per heavy atom. The van der Waals surface area contributed by atoms with Gasteiger partial charge < -0.3 is 10.0 Å². The van der Waals surface area contributed by atoms with E-state index in [0.717, 1.165) is 19.4 Å². The van der Waals surface area contributed by atoms with Crippen LogP contribution in [-0.2, 0) is 0 Å². The average molecular weight is 251 g/mol. The maximum atomic E-state index is 8.79. The number of hydrogen-bond acceptors (Lipinski definition) is 3. The number of nitrogens with zero attached hydrogens (tertiary/aromatic N) is 1. The first-order chi connectivity index (χ1) is 8.42. The van der Waals surface area contributed by atoms with Crippen LogP contribution < -0.4 is 4.90 Å². The number of benzene rings is 1. The van der Waals surface area contributed by atoms with Gasteiger partial charge in [-0.3, -0.25) is 0 Å². The number of unbranched alkanes of at least 4 members (excludes halogenated alkanes) is 2. The van der Waals surface area contributed by atoms with Crippen LogP contribution >= 0.6 is 11.8 Å². The van der Waals surface area contributed by atoms with Crippen molar-refractivity contribution in [3.8, 4) is 0 Å². The van der Waals surface area contributed by atoms with E-state index >= 15 is 0 Å². The summed E-state index contributed by atoms with van der Waals surface area (Å²) >= 11 is 1.98. The minimum Gasteiger partial charge on any atom is -0.396 e. The molecule has 0 bridgehead atoms. The van der Waals surface area contributed by atoms with Gasteiger partial charge in [0.05, 0.1) is 5.69 Å². The van der Waals surface area contributed by atoms with Crippen molar-refractivity contribution in [1.29, 1.82) is 0 Å². The SMILES string of the molecule is OCCCCCN1CCCSc2ccccc21. The highest BCUT2D eigenvalue weighted by molar-refractivity contribution is 7.99. The van der Waals surface area contributed by atoms with E-state index in [1.165, 1.54) is 35.7 Å². The third-order valence-corrected chi connectivity index (χ3v) is 4.27. The van der Waals surface area contributed by atoms with E-state index in [9.17, 15) is 0 Å². The molecular weight excluding hydrogens is 230 g/mol. The Bertz CT molecular complexity index is 343. The number of rotatable bonds is 5. The van der Waals surface area contributed by atoms with Gasteiger partial charge in [-0.1, -0.05) is 12.1 Å². The second-order valence-corrected chi connectivity index (χ2v) is 5.58. The summed E-state index contributed by atoms with van der Waals surface area (Å²) in [5.41, 5.74) is 1.40. The molecule has 2 rings (SSSR count). The first kappa shape index (κ1) is 12.8. The number of anilines is 1. The summed E-state index contributed by atoms with van der Waals surface area (Å²) in [5, 5.41) is 8.79. The smallest absolute Gasteiger partial charge is 0.0504 e. The first-order valence-corrected chi connectivity index (χ1v) is 7.48. The fourth-order valence-electron chi connectivity index (χ4n) is 2.22. The molecule has 0 aliphatic carbocycles. The molecule has 0 spiro atoms. The molecule has 0 fully saturated rings. The maximum Gasteiger partial charge on any atom is 0.0504 e. The van der Waals surface area contributed by atoms with Gasteiger partial charge >= 0.3 is 0 Å². The number of fused-ring (bicyclic) bond motifs is 1. The van der Waals surface area contributed by atoms with Gasteiger partial charge in [0.25, 0.3) is 0 Å². The topological polar surface area (TPSA) is 23.5 Å². The van der Waals surface area contributed by atoms with Crippen molar-refractivity contribution in [2.75, 3.05) is 30.3 Å². The second kappa shape index (κ2) is 6.92. The van der Waals surface area contributed by atoms with Gasteiger partial charge in [-0.25, -0.2) is 0 Å². The van der Waals surface area contributed by atoms with E-state index in [1.54, 1.807) is 0 Å². The molecular formula is C14H21NOS. The molecule has 0 amide bonds. The Kier molecular flexibility index (Phi) is 5.20. The van der Waals surface area contributed by atoms with Crippen LogP contribution in [-0.4, -0.2) is 30.6 Å². The summed E-state index contributed by atoms with van der Waals surface area (Å²) in [5.74, 6) is 1.23. The molecule has 0 aromatic heterocycles. The summed E-state index contributed by atoms with van der Waals surface area (Å²) in [7, 11) is 0. The lowest BCUT2D eigenvalue weighted by atomic mass is 10.2. The molecule has 3 heteroatoms. The zero-order chi connectivity index (χ0) is 11.9. The monoisotopic (exact) mass is 251 g/mol. The Labute approximate surface area is 108 Å². The molecule has 1 aromatic rings. The zero-order valence-corrected chi connectivity index (χ0v) is 11.1. The fraction of sp³-hybridized carbons (Fsp3) is 0.571. The van der Waals surface area contributed by atoms with Gasteiger partial charge in [0.15, 0.2) is 0 Å². The van der Waals surface area contributed by atoms with Crippen molar-refractivity contribution in [2.24, 2.45) is 0 Å². The minimum atomic E-state index is 0.326. The highest BCUT2D eigenvalue weighted by atomic mass is 32.2. The van der Waals surface area contributed by atoms with Gasteiger partial charge in [0, 0.05) is 24.6 Å². The Hall–Kier alpha value is -0.670. The van der Waals surface area contributed by atoms with Crippen molar-refractivity contribution in [3.05, 3.63) is 24.3 Å². The lowest BCUT2D eigenvalue weighted by Gasteiger charge is -2.24. The van der Waals surface area contributed by atoms with Crippen LogP contribution in [0.2, 0.25) is 0 Å². The second-order valence-electron chi connectivity index (χ2n) is 4.44.